The van der Waals surface area contributed by atoms with Crippen LogP contribution in [0.1, 0.15) is 50.0 Å². The van der Waals surface area contributed by atoms with Crippen LogP contribution in [0.25, 0.3) is 0 Å². The maximum Gasteiger partial charge on any atom is 0.153 e. The molecule has 0 heterocycles. The number of hydrogen-bond acceptors (Lipinski definition) is 3. The normalized spacial score (nSPS) is 11.4. The molecule has 0 saturated heterocycles. The zero-order valence-corrected chi connectivity index (χ0v) is 12.4. The number of hydrogen-bond donors (Lipinski definition) is 0. The van der Waals surface area contributed by atoms with E-state index in [0.717, 1.165) is 24.9 Å². The Bertz CT molecular complexity index is 405. The molecule has 0 saturated carbocycles. The topological polar surface area (TPSA) is 35.5 Å². The summed E-state index contributed by atoms with van der Waals surface area (Å²) >= 11 is 0. The Balaban J connectivity index is 2.66. The van der Waals surface area contributed by atoms with Crippen LogP contribution in [-0.4, -0.2) is 26.1 Å². The van der Waals surface area contributed by atoms with Gasteiger partial charge in [-0.25, -0.2) is 0 Å². The second-order valence-electron chi connectivity index (χ2n) is 5.52. The SMILES string of the molecule is CCOCCCOc1ccc(C(C)(C)C)cc1C=O. The Labute approximate surface area is 115 Å². The zero-order chi connectivity index (χ0) is 14.3. The molecule has 106 valence electrons. The molecule has 1 rings (SSSR count). The fraction of sp³-hybridized carbons (Fsp3) is 0.562. The van der Waals surface area contributed by atoms with Crippen molar-refractivity contribution in [1.29, 1.82) is 0 Å². The molecule has 0 aliphatic rings. The van der Waals surface area contributed by atoms with Crippen molar-refractivity contribution in [2.75, 3.05) is 19.8 Å². The molecule has 0 atom stereocenters. The van der Waals surface area contributed by atoms with E-state index in [1.807, 2.05) is 25.1 Å². The van der Waals surface area contributed by atoms with E-state index in [1.54, 1.807) is 0 Å². The minimum Gasteiger partial charge on any atom is -0.493 e. The number of rotatable bonds is 7. The number of carbonyl (C=O) groups excluding carboxylic acids is 1. The average Bonchev–Trinajstić information content (AvgIpc) is 2.37. The molecule has 0 bridgehead atoms. The van der Waals surface area contributed by atoms with Crippen LogP contribution in [-0.2, 0) is 10.2 Å². The largest absolute Gasteiger partial charge is 0.493 e. The van der Waals surface area contributed by atoms with Gasteiger partial charge in [0.15, 0.2) is 6.29 Å². The highest BCUT2D eigenvalue weighted by molar-refractivity contribution is 5.79. The zero-order valence-electron chi connectivity index (χ0n) is 12.4. The Morgan fingerprint density at radius 3 is 2.53 bits per heavy atom. The summed E-state index contributed by atoms with van der Waals surface area (Å²) in [6, 6.07) is 5.81. The van der Waals surface area contributed by atoms with Gasteiger partial charge in [0.25, 0.3) is 0 Å². The summed E-state index contributed by atoms with van der Waals surface area (Å²) in [7, 11) is 0. The van der Waals surface area contributed by atoms with Gasteiger partial charge in [0.05, 0.1) is 12.2 Å². The summed E-state index contributed by atoms with van der Waals surface area (Å²) in [5, 5.41) is 0. The van der Waals surface area contributed by atoms with Crippen molar-refractivity contribution in [3.8, 4) is 5.75 Å². The monoisotopic (exact) mass is 264 g/mol. The van der Waals surface area contributed by atoms with E-state index in [1.165, 1.54) is 0 Å². The highest BCUT2D eigenvalue weighted by atomic mass is 16.5. The van der Waals surface area contributed by atoms with E-state index in [0.29, 0.717) is 24.5 Å². The van der Waals surface area contributed by atoms with Gasteiger partial charge >= 0.3 is 0 Å². The van der Waals surface area contributed by atoms with E-state index >= 15 is 0 Å². The van der Waals surface area contributed by atoms with Crippen LogP contribution in [0.5, 0.6) is 5.75 Å². The molecule has 1 aromatic carbocycles. The van der Waals surface area contributed by atoms with Crippen molar-refractivity contribution in [3.63, 3.8) is 0 Å². The molecule has 0 aliphatic carbocycles. The molecule has 0 radical (unpaired) electrons. The van der Waals surface area contributed by atoms with Crippen molar-refractivity contribution in [2.24, 2.45) is 0 Å². The molecule has 0 unspecified atom stereocenters. The summed E-state index contributed by atoms with van der Waals surface area (Å²) in [6.07, 6.45) is 1.68. The molecule has 3 heteroatoms. The Morgan fingerprint density at radius 1 is 1.21 bits per heavy atom. The lowest BCUT2D eigenvalue weighted by atomic mass is 9.86. The third-order valence-electron chi connectivity index (χ3n) is 2.90. The van der Waals surface area contributed by atoms with Crippen molar-refractivity contribution >= 4 is 6.29 Å². The number of aldehydes is 1. The molecule has 3 nitrogen and oxygen atoms in total. The molecule has 0 fully saturated rings. The molecular formula is C16H24O3. The van der Waals surface area contributed by atoms with Gasteiger partial charge in [0.1, 0.15) is 5.75 Å². The van der Waals surface area contributed by atoms with E-state index in [2.05, 4.69) is 20.8 Å². The third-order valence-corrected chi connectivity index (χ3v) is 2.90. The number of ether oxygens (including phenoxy) is 2. The molecule has 0 spiro atoms. The van der Waals surface area contributed by atoms with E-state index < -0.39 is 0 Å². The average molecular weight is 264 g/mol. The van der Waals surface area contributed by atoms with Gasteiger partial charge in [0.2, 0.25) is 0 Å². The first kappa shape index (κ1) is 15.7. The van der Waals surface area contributed by atoms with Gasteiger partial charge in [0, 0.05) is 19.6 Å². The standard InChI is InChI=1S/C16H24O3/c1-5-18-9-6-10-19-15-8-7-14(16(2,3)4)11-13(15)12-17/h7-8,11-12H,5-6,9-10H2,1-4H3. The van der Waals surface area contributed by atoms with E-state index in [9.17, 15) is 4.79 Å². The maximum absolute atomic E-state index is 11.1. The Kier molecular flexibility index (Phi) is 6.03. The lowest BCUT2D eigenvalue weighted by Gasteiger charge is -2.20. The highest BCUT2D eigenvalue weighted by Gasteiger charge is 2.15. The second-order valence-corrected chi connectivity index (χ2v) is 5.52. The van der Waals surface area contributed by atoms with Crippen molar-refractivity contribution in [1.82, 2.24) is 0 Å². The van der Waals surface area contributed by atoms with Gasteiger partial charge < -0.3 is 9.47 Å². The van der Waals surface area contributed by atoms with Crippen LogP contribution in [0.3, 0.4) is 0 Å². The molecule has 0 aliphatic heterocycles. The highest BCUT2D eigenvalue weighted by Crippen LogP contribution is 2.27. The van der Waals surface area contributed by atoms with Crippen LogP contribution in [0.4, 0.5) is 0 Å². The van der Waals surface area contributed by atoms with Crippen molar-refractivity contribution < 1.29 is 14.3 Å². The van der Waals surface area contributed by atoms with Crippen LogP contribution >= 0.6 is 0 Å². The number of carbonyl (C=O) groups is 1. The van der Waals surface area contributed by atoms with Crippen LogP contribution < -0.4 is 4.74 Å². The number of benzene rings is 1. The van der Waals surface area contributed by atoms with Crippen LogP contribution in [0, 0.1) is 0 Å². The van der Waals surface area contributed by atoms with Crippen LogP contribution in [0.2, 0.25) is 0 Å². The predicted octanol–water partition coefficient (Wildman–Crippen LogP) is 3.60. The fourth-order valence-electron chi connectivity index (χ4n) is 1.73. The lowest BCUT2D eigenvalue weighted by Crippen LogP contribution is -2.12. The third kappa shape index (κ3) is 5.03. The van der Waals surface area contributed by atoms with Gasteiger partial charge in [-0.3, -0.25) is 4.79 Å². The molecule has 0 N–H and O–H groups in total. The minimum absolute atomic E-state index is 0.0330. The molecule has 1 aromatic rings. The molecule has 0 aromatic heterocycles. The summed E-state index contributed by atoms with van der Waals surface area (Å²) < 4.78 is 10.9. The first-order valence-corrected chi connectivity index (χ1v) is 6.79. The smallest absolute Gasteiger partial charge is 0.153 e. The van der Waals surface area contributed by atoms with Crippen molar-refractivity contribution in [3.05, 3.63) is 29.3 Å². The summed E-state index contributed by atoms with van der Waals surface area (Å²) in [6.45, 7) is 10.3. The maximum atomic E-state index is 11.1. The van der Waals surface area contributed by atoms with Gasteiger partial charge in [-0.1, -0.05) is 26.8 Å². The molecule has 19 heavy (non-hydrogen) atoms. The van der Waals surface area contributed by atoms with Gasteiger partial charge in [-0.2, -0.15) is 0 Å². The van der Waals surface area contributed by atoms with Crippen LogP contribution in [0.15, 0.2) is 18.2 Å². The van der Waals surface area contributed by atoms with Crippen molar-refractivity contribution in [2.45, 2.75) is 39.5 Å². The molecule has 0 amide bonds. The summed E-state index contributed by atoms with van der Waals surface area (Å²) in [4.78, 5) is 11.1. The lowest BCUT2D eigenvalue weighted by molar-refractivity contribution is 0.111. The summed E-state index contributed by atoms with van der Waals surface area (Å²) in [5.41, 5.74) is 1.78. The first-order valence-electron chi connectivity index (χ1n) is 6.79. The quantitative estimate of drug-likeness (QED) is 0.557. The fourth-order valence-corrected chi connectivity index (χ4v) is 1.73. The van der Waals surface area contributed by atoms with E-state index in [-0.39, 0.29) is 5.41 Å². The van der Waals surface area contributed by atoms with Gasteiger partial charge in [-0.15, -0.1) is 0 Å². The minimum atomic E-state index is 0.0330. The predicted molar refractivity (Wildman–Crippen MR) is 77.1 cm³/mol. The van der Waals surface area contributed by atoms with E-state index in [4.69, 9.17) is 9.47 Å². The Morgan fingerprint density at radius 2 is 1.95 bits per heavy atom. The second kappa shape index (κ2) is 7.29. The summed E-state index contributed by atoms with van der Waals surface area (Å²) in [5.74, 6) is 0.652. The Hall–Kier alpha value is -1.35. The first-order chi connectivity index (χ1) is 8.99. The molecular weight excluding hydrogens is 240 g/mol. The van der Waals surface area contributed by atoms with Gasteiger partial charge in [-0.05, 0) is 30.0 Å².